The Morgan fingerprint density at radius 1 is 1.29 bits per heavy atom. The number of aromatic nitrogens is 3. The number of carbonyl (C=O) groups excluding carboxylic acids is 2. The summed E-state index contributed by atoms with van der Waals surface area (Å²) in [6.07, 6.45) is 2.51. The molecule has 0 atom stereocenters. The first kappa shape index (κ1) is 22.8. The maximum atomic E-state index is 12.6. The fraction of sp³-hybridized carbons (Fsp3) is 0.273. The summed E-state index contributed by atoms with van der Waals surface area (Å²) in [5, 5.41) is 14.2. The maximum Gasteiger partial charge on any atom is 0.341 e. The molecule has 3 aromatic rings. The lowest BCUT2D eigenvalue weighted by Crippen LogP contribution is -2.16. The number of carbonyl (C=O) groups is 2. The molecule has 0 aliphatic rings. The largest absolute Gasteiger partial charge is 0.465 e. The summed E-state index contributed by atoms with van der Waals surface area (Å²) in [6.45, 7) is 8.35. The van der Waals surface area contributed by atoms with E-state index in [9.17, 15) is 9.59 Å². The molecular formula is C22H24N4O3S2. The number of thioether (sulfide) groups is 1. The van der Waals surface area contributed by atoms with Crippen LogP contribution in [0.15, 0.2) is 47.5 Å². The molecule has 1 amide bonds. The van der Waals surface area contributed by atoms with Crippen LogP contribution in [0.1, 0.15) is 28.7 Å². The Balaban J connectivity index is 1.77. The van der Waals surface area contributed by atoms with Gasteiger partial charge in [-0.15, -0.1) is 28.1 Å². The molecule has 0 fully saturated rings. The van der Waals surface area contributed by atoms with Gasteiger partial charge in [-0.2, -0.15) is 0 Å². The lowest BCUT2D eigenvalue weighted by molar-refractivity contribution is -0.113. The number of ether oxygens (including phenoxy) is 1. The van der Waals surface area contributed by atoms with E-state index in [-0.39, 0.29) is 11.7 Å². The van der Waals surface area contributed by atoms with Gasteiger partial charge >= 0.3 is 5.97 Å². The normalized spacial score (nSPS) is 10.7. The fourth-order valence-corrected chi connectivity index (χ4v) is 4.73. The van der Waals surface area contributed by atoms with Crippen molar-refractivity contribution in [2.75, 3.05) is 18.2 Å². The van der Waals surface area contributed by atoms with Crippen molar-refractivity contribution in [1.82, 2.24) is 14.8 Å². The zero-order chi connectivity index (χ0) is 22.4. The Morgan fingerprint density at radius 3 is 2.68 bits per heavy atom. The molecule has 0 aliphatic carbocycles. The van der Waals surface area contributed by atoms with Crippen molar-refractivity contribution < 1.29 is 14.3 Å². The second-order valence-corrected chi connectivity index (χ2v) is 8.52. The summed E-state index contributed by atoms with van der Waals surface area (Å²) in [6, 6.07) is 7.85. The van der Waals surface area contributed by atoms with Crippen molar-refractivity contribution in [3.63, 3.8) is 0 Å². The van der Waals surface area contributed by atoms with E-state index >= 15 is 0 Å². The molecule has 1 aromatic carbocycles. The van der Waals surface area contributed by atoms with E-state index in [0.29, 0.717) is 22.3 Å². The molecule has 2 aromatic heterocycles. The molecule has 7 nitrogen and oxygen atoms in total. The van der Waals surface area contributed by atoms with Gasteiger partial charge in [-0.25, -0.2) is 4.79 Å². The minimum absolute atomic E-state index is 0.136. The molecule has 0 saturated carbocycles. The SMILES string of the molecule is C=CCn1c(CC)nnc1SCC(=O)Nc1scc(-c2ccc(C)cc2)c1C(=O)OC. The van der Waals surface area contributed by atoms with Crippen molar-refractivity contribution >= 4 is 40.0 Å². The van der Waals surface area contributed by atoms with Gasteiger partial charge < -0.3 is 14.6 Å². The quantitative estimate of drug-likeness (QED) is 0.288. The number of aryl methyl sites for hydroxylation is 2. The second kappa shape index (κ2) is 10.4. The van der Waals surface area contributed by atoms with Crippen LogP contribution in [0.25, 0.3) is 11.1 Å². The van der Waals surface area contributed by atoms with Gasteiger partial charge in [0.05, 0.1) is 12.9 Å². The van der Waals surface area contributed by atoms with E-state index < -0.39 is 5.97 Å². The summed E-state index contributed by atoms with van der Waals surface area (Å²) in [4.78, 5) is 25.1. The van der Waals surface area contributed by atoms with Crippen LogP contribution in [-0.2, 0) is 22.5 Å². The van der Waals surface area contributed by atoms with Crippen LogP contribution in [0.5, 0.6) is 0 Å². The molecule has 9 heteroatoms. The lowest BCUT2D eigenvalue weighted by atomic mass is 10.0. The zero-order valence-corrected chi connectivity index (χ0v) is 19.3. The number of thiophene rings is 1. The molecule has 0 saturated heterocycles. The number of anilines is 1. The van der Waals surface area contributed by atoms with Crippen LogP contribution in [0.2, 0.25) is 0 Å². The zero-order valence-electron chi connectivity index (χ0n) is 17.7. The first-order valence-electron chi connectivity index (χ1n) is 9.70. The molecule has 0 aliphatic heterocycles. The first-order valence-corrected chi connectivity index (χ1v) is 11.6. The smallest absolute Gasteiger partial charge is 0.341 e. The summed E-state index contributed by atoms with van der Waals surface area (Å²) >= 11 is 2.59. The molecule has 0 spiro atoms. The van der Waals surface area contributed by atoms with Gasteiger partial charge in [0.15, 0.2) is 5.16 Å². The van der Waals surface area contributed by atoms with Crippen molar-refractivity contribution in [1.29, 1.82) is 0 Å². The minimum atomic E-state index is -0.488. The van der Waals surface area contributed by atoms with Crippen molar-refractivity contribution in [3.05, 3.63) is 59.3 Å². The molecule has 0 unspecified atom stereocenters. The van der Waals surface area contributed by atoms with Gasteiger partial charge in [-0.05, 0) is 12.5 Å². The number of methoxy groups -OCH3 is 1. The van der Waals surface area contributed by atoms with Crippen LogP contribution in [-0.4, -0.2) is 39.5 Å². The molecule has 1 N–H and O–H groups in total. The van der Waals surface area contributed by atoms with E-state index in [4.69, 9.17) is 4.74 Å². The monoisotopic (exact) mass is 456 g/mol. The second-order valence-electron chi connectivity index (χ2n) is 6.70. The highest BCUT2D eigenvalue weighted by Gasteiger charge is 2.22. The molecule has 2 heterocycles. The van der Waals surface area contributed by atoms with Crippen LogP contribution in [0.4, 0.5) is 5.00 Å². The molecule has 3 rings (SSSR count). The number of rotatable bonds is 9. The highest BCUT2D eigenvalue weighted by atomic mass is 32.2. The van der Waals surface area contributed by atoms with E-state index in [0.717, 1.165) is 28.9 Å². The molecule has 162 valence electrons. The van der Waals surface area contributed by atoms with E-state index in [1.807, 2.05) is 48.1 Å². The number of hydrogen-bond donors (Lipinski definition) is 1. The predicted octanol–water partition coefficient (Wildman–Crippen LogP) is 4.58. The first-order chi connectivity index (χ1) is 15.0. The van der Waals surface area contributed by atoms with Crippen molar-refractivity contribution in [2.24, 2.45) is 0 Å². The fourth-order valence-electron chi connectivity index (χ4n) is 2.99. The average Bonchev–Trinajstić information content (AvgIpc) is 3.36. The highest BCUT2D eigenvalue weighted by Crippen LogP contribution is 2.36. The van der Waals surface area contributed by atoms with E-state index in [2.05, 4.69) is 22.1 Å². The Labute approximate surface area is 189 Å². The lowest BCUT2D eigenvalue weighted by Gasteiger charge is -2.09. The summed E-state index contributed by atoms with van der Waals surface area (Å²) in [7, 11) is 1.33. The van der Waals surface area contributed by atoms with Crippen molar-refractivity contribution in [2.45, 2.75) is 32.0 Å². The summed E-state index contributed by atoms with van der Waals surface area (Å²) in [5.41, 5.74) is 3.11. The summed E-state index contributed by atoms with van der Waals surface area (Å²) < 4.78 is 6.91. The number of esters is 1. The van der Waals surface area contributed by atoms with Crippen LogP contribution in [0.3, 0.4) is 0 Å². The van der Waals surface area contributed by atoms with E-state index in [1.165, 1.54) is 30.2 Å². The Kier molecular flexibility index (Phi) is 7.64. The number of nitrogens with zero attached hydrogens (tertiary/aromatic N) is 3. The molecule has 0 bridgehead atoms. The maximum absolute atomic E-state index is 12.6. The number of allylic oxidation sites excluding steroid dienone is 1. The topological polar surface area (TPSA) is 86.1 Å². The van der Waals surface area contributed by atoms with Gasteiger partial charge in [0.1, 0.15) is 16.4 Å². The third-order valence-electron chi connectivity index (χ3n) is 4.55. The minimum Gasteiger partial charge on any atom is -0.465 e. The molecule has 31 heavy (non-hydrogen) atoms. The van der Waals surface area contributed by atoms with Gasteiger partial charge in [-0.3, -0.25) is 4.79 Å². The Morgan fingerprint density at radius 2 is 2.03 bits per heavy atom. The molecule has 0 radical (unpaired) electrons. The van der Waals surface area contributed by atoms with Crippen LogP contribution < -0.4 is 5.32 Å². The third kappa shape index (κ3) is 5.23. The number of nitrogens with one attached hydrogen (secondary N) is 1. The Bertz CT molecular complexity index is 1090. The van der Waals surface area contributed by atoms with Gasteiger partial charge in [0.2, 0.25) is 5.91 Å². The Hall–Kier alpha value is -2.91. The number of amides is 1. The standard InChI is InChI=1S/C22H24N4O3S2/c1-5-11-26-17(6-2)24-25-22(26)31-13-18(27)23-20-19(21(28)29-4)16(12-30-20)15-9-7-14(3)8-10-15/h5,7-10,12H,1,6,11,13H2,2-4H3,(H,23,27). The van der Waals surface area contributed by atoms with Crippen LogP contribution >= 0.6 is 23.1 Å². The van der Waals surface area contributed by atoms with Gasteiger partial charge in [0.25, 0.3) is 0 Å². The molecular weight excluding hydrogens is 432 g/mol. The number of benzene rings is 1. The average molecular weight is 457 g/mol. The summed E-state index contributed by atoms with van der Waals surface area (Å²) in [5.74, 6) is 0.255. The van der Waals surface area contributed by atoms with Crippen LogP contribution in [0, 0.1) is 6.92 Å². The third-order valence-corrected chi connectivity index (χ3v) is 6.41. The van der Waals surface area contributed by atoms with Gasteiger partial charge in [0, 0.05) is 23.9 Å². The number of hydrogen-bond acceptors (Lipinski definition) is 7. The predicted molar refractivity (Wildman–Crippen MR) is 125 cm³/mol. The highest BCUT2D eigenvalue weighted by molar-refractivity contribution is 7.99. The van der Waals surface area contributed by atoms with Gasteiger partial charge in [-0.1, -0.05) is 54.6 Å². The van der Waals surface area contributed by atoms with Crippen molar-refractivity contribution in [3.8, 4) is 11.1 Å². The van der Waals surface area contributed by atoms with E-state index in [1.54, 1.807) is 6.08 Å².